The molecule has 2 atom stereocenters. The molecule has 0 aliphatic carbocycles. The zero-order chi connectivity index (χ0) is 23.8. The second-order valence-electron chi connectivity index (χ2n) is 8.88. The number of para-hydroxylation sites is 2. The molecule has 2 aromatic carbocycles. The van der Waals surface area contributed by atoms with Gasteiger partial charge in [-0.15, -0.1) is 0 Å². The maximum Gasteiger partial charge on any atom is 0.238 e. The predicted molar refractivity (Wildman–Crippen MR) is 129 cm³/mol. The Morgan fingerprint density at radius 3 is 2.76 bits per heavy atom. The number of aryl methyl sites for hydroxylation is 2. The third-order valence-electron chi connectivity index (χ3n) is 6.07. The number of halogens is 1. The molecule has 1 fully saturated rings. The third kappa shape index (κ3) is 7.25. The zero-order valence-electron chi connectivity index (χ0n) is 19.9. The lowest BCUT2D eigenvalue weighted by Gasteiger charge is -2.40. The Balaban J connectivity index is 1.45. The molecule has 180 valence electrons. The van der Waals surface area contributed by atoms with E-state index < -0.39 is 11.9 Å². The summed E-state index contributed by atoms with van der Waals surface area (Å²) >= 11 is 0. The zero-order valence-corrected chi connectivity index (χ0v) is 19.9. The fourth-order valence-electron chi connectivity index (χ4n) is 4.32. The first-order valence-corrected chi connectivity index (χ1v) is 11.8. The molecule has 0 saturated carbocycles. The van der Waals surface area contributed by atoms with Crippen molar-refractivity contribution >= 4 is 11.6 Å². The van der Waals surface area contributed by atoms with Gasteiger partial charge in [-0.3, -0.25) is 14.6 Å². The maximum absolute atomic E-state index is 13.7. The highest BCUT2D eigenvalue weighted by molar-refractivity contribution is 5.93. The van der Waals surface area contributed by atoms with Crippen LogP contribution in [0.1, 0.15) is 31.4 Å². The van der Waals surface area contributed by atoms with E-state index in [1.807, 2.05) is 19.1 Å². The van der Waals surface area contributed by atoms with Crippen molar-refractivity contribution in [2.45, 2.75) is 45.8 Å². The van der Waals surface area contributed by atoms with Crippen molar-refractivity contribution < 1.29 is 19.0 Å². The normalized spacial score (nSPS) is 18.2. The molecule has 0 radical (unpaired) electrons. The predicted octanol–water partition coefficient (Wildman–Crippen LogP) is 3.47. The number of nitrogens with zero attached hydrogens (tertiary/aromatic N) is 2. The van der Waals surface area contributed by atoms with Crippen LogP contribution >= 0.6 is 0 Å². The van der Waals surface area contributed by atoms with Crippen LogP contribution in [0.4, 0.5) is 10.1 Å². The quantitative estimate of drug-likeness (QED) is 0.572. The van der Waals surface area contributed by atoms with Crippen LogP contribution in [-0.2, 0) is 11.2 Å². The monoisotopic (exact) mass is 457 g/mol. The number of anilines is 1. The van der Waals surface area contributed by atoms with E-state index in [4.69, 9.17) is 4.74 Å². The number of benzene rings is 2. The summed E-state index contributed by atoms with van der Waals surface area (Å²) in [5, 5.41) is 13.5. The number of aliphatic hydroxyl groups is 1. The first kappa shape index (κ1) is 25.1. The number of rotatable bonds is 10. The minimum Gasteiger partial charge on any atom is -0.488 e. The number of aliphatic hydroxyl groups excluding tert-OH is 1. The van der Waals surface area contributed by atoms with E-state index >= 15 is 0 Å². The maximum atomic E-state index is 13.7. The van der Waals surface area contributed by atoms with E-state index in [-0.39, 0.29) is 24.3 Å². The number of hydrogen-bond acceptors (Lipinski definition) is 5. The van der Waals surface area contributed by atoms with Crippen molar-refractivity contribution in [1.82, 2.24) is 9.80 Å². The third-order valence-corrected chi connectivity index (χ3v) is 6.07. The summed E-state index contributed by atoms with van der Waals surface area (Å²) in [4.78, 5) is 17.1. The van der Waals surface area contributed by atoms with Crippen LogP contribution in [0.3, 0.4) is 0 Å². The SMILES string of the molecule is CCCc1cccc(C)c1NC(=O)CN1CCN(C[C@H](O)COc2ccccc2F)[C@@H](C)C1. The molecule has 1 saturated heterocycles. The van der Waals surface area contributed by atoms with Crippen molar-refractivity contribution in [1.29, 1.82) is 0 Å². The lowest BCUT2D eigenvalue weighted by molar-refractivity contribution is -0.118. The Bertz CT molecular complexity index is 923. The highest BCUT2D eigenvalue weighted by Crippen LogP contribution is 2.22. The number of carbonyl (C=O) groups excluding carboxylic acids is 1. The molecule has 1 heterocycles. The topological polar surface area (TPSA) is 65.0 Å². The van der Waals surface area contributed by atoms with Gasteiger partial charge in [0, 0.05) is 37.9 Å². The molecular formula is C26H36FN3O3. The summed E-state index contributed by atoms with van der Waals surface area (Å²) in [6.45, 7) is 9.31. The molecule has 3 rings (SSSR count). The molecule has 0 bridgehead atoms. The first-order chi connectivity index (χ1) is 15.9. The van der Waals surface area contributed by atoms with Crippen molar-refractivity contribution in [3.8, 4) is 5.75 Å². The Kier molecular flexibility index (Phi) is 9.23. The minimum absolute atomic E-state index is 0.000579. The van der Waals surface area contributed by atoms with Crippen molar-refractivity contribution in [3.05, 3.63) is 59.4 Å². The number of piperazine rings is 1. The smallest absolute Gasteiger partial charge is 0.238 e. The summed E-state index contributed by atoms with van der Waals surface area (Å²) in [5.74, 6) is -0.283. The van der Waals surface area contributed by atoms with Crippen molar-refractivity contribution in [2.75, 3.05) is 44.6 Å². The first-order valence-electron chi connectivity index (χ1n) is 11.8. The highest BCUT2D eigenvalue weighted by atomic mass is 19.1. The number of carbonyl (C=O) groups is 1. The van der Waals surface area contributed by atoms with E-state index in [9.17, 15) is 14.3 Å². The summed E-state index contributed by atoms with van der Waals surface area (Å²) in [5.41, 5.74) is 3.20. The summed E-state index contributed by atoms with van der Waals surface area (Å²) in [7, 11) is 0. The van der Waals surface area contributed by atoms with E-state index in [1.165, 1.54) is 11.6 Å². The molecule has 0 spiro atoms. The van der Waals surface area contributed by atoms with Gasteiger partial charge < -0.3 is 15.2 Å². The standard InChI is InChI=1S/C26H36FN3O3/c1-4-8-21-10-7-9-19(2)26(21)28-25(32)17-29-13-14-30(20(3)15-29)16-22(31)18-33-24-12-6-5-11-23(24)27/h5-7,9-12,20,22,31H,4,8,13-18H2,1-3H3,(H,28,32)/t20-,22-/m0/s1. The lowest BCUT2D eigenvalue weighted by Crippen LogP contribution is -2.55. The van der Waals surface area contributed by atoms with Crippen LogP contribution in [0.5, 0.6) is 5.75 Å². The molecule has 1 amide bonds. The molecule has 7 heteroatoms. The number of amides is 1. The van der Waals surface area contributed by atoms with Gasteiger partial charge in [0.15, 0.2) is 11.6 Å². The Morgan fingerprint density at radius 2 is 2.03 bits per heavy atom. The van der Waals surface area contributed by atoms with Gasteiger partial charge in [-0.25, -0.2) is 4.39 Å². The molecule has 0 aromatic heterocycles. The molecule has 33 heavy (non-hydrogen) atoms. The summed E-state index contributed by atoms with van der Waals surface area (Å²) in [6.07, 6.45) is 1.25. The van der Waals surface area contributed by atoms with Gasteiger partial charge in [-0.1, -0.05) is 43.7 Å². The van der Waals surface area contributed by atoms with Gasteiger partial charge in [0.25, 0.3) is 0 Å². The number of ether oxygens (including phenoxy) is 1. The van der Waals surface area contributed by atoms with E-state index in [2.05, 4.69) is 35.0 Å². The highest BCUT2D eigenvalue weighted by Gasteiger charge is 2.27. The van der Waals surface area contributed by atoms with Crippen LogP contribution in [0.15, 0.2) is 42.5 Å². The van der Waals surface area contributed by atoms with Gasteiger partial charge in [-0.2, -0.15) is 0 Å². The second-order valence-corrected chi connectivity index (χ2v) is 8.88. The second kappa shape index (κ2) is 12.1. The van der Waals surface area contributed by atoms with Gasteiger partial charge in [0.05, 0.1) is 6.54 Å². The average molecular weight is 458 g/mol. The molecule has 1 aliphatic rings. The molecule has 2 aromatic rings. The number of nitrogens with one attached hydrogen (secondary N) is 1. The van der Waals surface area contributed by atoms with Crippen LogP contribution in [-0.4, -0.2) is 72.3 Å². The Morgan fingerprint density at radius 1 is 1.24 bits per heavy atom. The van der Waals surface area contributed by atoms with E-state index in [0.717, 1.165) is 43.7 Å². The van der Waals surface area contributed by atoms with E-state index in [0.29, 0.717) is 13.1 Å². The van der Waals surface area contributed by atoms with Crippen LogP contribution < -0.4 is 10.1 Å². The molecule has 6 nitrogen and oxygen atoms in total. The van der Waals surface area contributed by atoms with Gasteiger partial charge >= 0.3 is 0 Å². The largest absolute Gasteiger partial charge is 0.488 e. The summed E-state index contributed by atoms with van der Waals surface area (Å²) in [6, 6.07) is 12.5. The van der Waals surface area contributed by atoms with Crippen molar-refractivity contribution in [2.24, 2.45) is 0 Å². The fraction of sp³-hybridized carbons (Fsp3) is 0.500. The van der Waals surface area contributed by atoms with Crippen LogP contribution in [0.25, 0.3) is 0 Å². The van der Waals surface area contributed by atoms with E-state index in [1.54, 1.807) is 18.2 Å². The molecular weight excluding hydrogens is 421 g/mol. The average Bonchev–Trinajstić information content (AvgIpc) is 2.77. The van der Waals surface area contributed by atoms with Gasteiger partial charge in [0.2, 0.25) is 5.91 Å². The van der Waals surface area contributed by atoms with Gasteiger partial charge in [-0.05, 0) is 43.5 Å². The Labute approximate surface area is 196 Å². The van der Waals surface area contributed by atoms with Crippen molar-refractivity contribution in [3.63, 3.8) is 0 Å². The van der Waals surface area contributed by atoms with Gasteiger partial charge in [0.1, 0.15) is 12.7 Å². The lowest BCUT2D eigenvalue weighted by atomic mass is 10.0. The molecule has 2 N–H and O–H groups in total. The Hall–Kier alpha value is -2.48. The number of β-amino-alcohol motifs (C(OH)–C–C–N with tert-alkyl or cyclic N) is 1. The fourth-order valence-corrected chi connectivity index (χ4v) is 4.32. The minimum atomic E-state index is -0.722. The molecule has 0 unspecified atom stereocenters. The number of hydrogen-bond donors (Lipinski definition) is 2. The summed E-state index contributed by atoms with van der Waals surface area (Å²) < 4.78 is 19.1. The molecule has 1 aliphatic heterocycles. The van der Waals surface area contributed by atoms with Crippen LogP contribution in [0, 0.1) is 12.7 Å². The van der Waals surface area contributed by atoms with Crippen LogP contribution in [0.2, 0.25) is 0 Å².